The van der Waals surface area contributed by atoms with Crippen molar-refractivity contribution >= 4 is 17.1 Å². The van der Waals surface area contributed by atoms with E-state index in [1.165, 1.54) is 11.3 Å². The molecule has 1 aromatic heterocycles. The molecule has 14 heavy (non-hydrogen) atoms. The minimum absolute atomic E-state index is 0.130. The van der Waals surface area contributed by atoms with Crippen molar-refractivity contribution in [3.63, 3.8) is 0 Å². The summed E-state index contributed by atoms with van der Waals surface area (Å²) in [5, 5.41) is 2.81. The van der Waals surface area contributed by atoms with Crippen molar-refractivity contribution in [2.45, 2.75) is 19.8 Å². The summed E-state index contributed by atoms with van der Waals surface area (Å²) in [7, 11) is 0. The average molecular weight is 211 g/mol. The summed E-state index contributed by atoms with van der Waals surface area (Å²) >= 11 is 1.53. The predicted octanol–water partition coefficient (Wildman–Crippen LogP) is 2.06. The molecule has 2 heterocycles. The van der Waals surface area contributed by atoms with Gasteiger partial charge in [0.05, 0.1) is 5.01 Å². The zero-order chi connectivity index (χ0) is 9.97. The summed E-state index contributed by atoms with van der Waals surface area (Å²) in [5.41, 5.74) is 0.638. The molecule has 0 bridgehead atoms. The Bertz CT molecular complexity index is 329. The molecule has 0 atom stereocenters. The third kappa shape index (κ3) is 2.01. The van der Waals surface area contributed by atoms with E-state index in [1.54, 1.807) is 0 Å². The maximum absolute atomic E-state index is 11.9. The van der Waals surface area contributed by atoms with E-state index >= 15 is 0 Å². The molecule has 0 N–H and O–H groups in total. The van der Waals surface area contributed by atoms with E-state index < -0.39 is 0 Å². The van der Waals surface area contributed by atoms with Gasteiger partial charge in [-0.15, -0.1) is 11.3 Å². The summed E-state index contributed by atoms with van der Waals surface area (Å²) in [6.07, 6.45) is 1.69. The SMILES string of the molecule is Cc1nc(C(=O)C2CCOCC2)cs1. The molecule has 0 amide bonds. The van der Waals surface area contributed by atoms with Gasteiger partial charge >= 0.3 is 0 Å². The second-order valence-electron chi connectivity index (χ2n) is 3.50. The third-order valence-corrected chi connectivity index (χ3v) is 3.24. The molecule has 1 fully saturated rings. The van der Waals surface area contributed by atoms with E-state index in [0.29, 0.717) is 18.9 Å². The van der Waals surface area contributed by atoms with Crippen molar-refractivity contribution in [1.82, 2.24) is 4.98 Å². The van der Waals surface area contributed by atoms with Crippen molar-refractivity contribution in [1.29, 1.82) is 0 Å². The van der Waals surface area contributed by atoms with Crippen LogP contribution in [-0.2, 0) is 4.74 Å². The topological polar surface area (TPSA) is 39.2 Å². The number of carbonyl (C=O) groups is 1. The van der Waals surface area contributed by atoms with Gasteiger partial charge < -0.3 is 4.74 Å². The van der Waals surface area contributed by atoms with E-state index in [9.17, 15) is 4.79 Å². The van der Waals surface area contributed by atoms with Gasteiger partial charge in [-0.05, 0) is 19.8 Å². The number of ether oxygens (including phenoxy) is 1. The van der Waals surface area contributed by atoms with Crippen LogP contribution in [0.4, 0.5) is 0 Å². The molecule has 1 aliphatic heterocycles. The van der Waals surface area contributed by atoms with Crippen LogP contribution in [0, 0.1) is 12.8 Å². The van der Waals surface area contributed by atoms with Crippen molar-refractivity contribution in [2.24, 2.45) is 5.92 Å². The Kier molecular flexibility index (Phi) is 2.93. The maximum atomic E-state index is 11.9. The lowest BCUT2D eigenvalue weighted by molar-refractivity contribution is 0.0542. The number of hydrogen-bond acceptors (Lipinski definition) is 4. The fourth-order valence-electron chi connectivity index (χ4n) is 1.65. The Morgan fingerprint density at radius 1 is 1.57 bits per heavy atom. The fraction of sp³-hybridized carbons (Fsp3) is 0.600. The number of carbonyl (C=O) groups excluding carboxylic acids is 1. The normalized spacial score (nSPS) is 18.4. The van der Waals surface area contributed by atoms with Crippen molar-refractivity contribution in [3.05, 3.63) is 16.1 Å². The Morgan fingerprint density at radius 2 is 2.29 bits per heavy atom. The minimum Gasteiger partial charge on any atom is -0.381 e. The van der Waals surface area contributed by atoms with E-state index in [2.05, 4.69) is 4.98 Å². The number of hydrogen-bond donors (Lipinski definition) is 0. The molecule has 1 aromatic rings. The van der Waals surface area contributed by atoms with Crippen LogP contribution in [0.25, 0.3) is 0 Å². The molecule has 3 nitrogen and oxygen atoms in total. The average Bonchev–Trinajstić information content (AvgIpc) is 2.65. The van der Waals surface area contributed by atoms with Gasteiger partial charge in [0, 0.05) is 24.5 Å². The molecule has 2 rings (SSSR count). The van der Waals surface area contributed by atoms with Crippen LogP contribution >= 0.6 is 11.3 Å². The number of aromatic nitrogens is 1. The molecular weight excluding hydrogens is 198 g/mol. The number of rotatable bonds is 2. The lowest BCUT2D eigenvalue weighted by atomic mass is 9.94. The van der Waals surface area contributed by atoms with Gasteiger partial charge in [0.1, 0.15) is 5.69 Å². The third-order valence-electron chi connectivity index (χ3n) is 2.46. The highest BCUT2D eigenvalue weighted by Gasteiger charge is 2.24. The summed E-state index contributed by atoms with van der Waals surface area (Å²) < 4.78 is 5.22. The minimum atomic E-state index is 0.130. The van der Waals surface area contributed by atoms with Gasteiger partial charge in [0.15, 0.2) is 5.78 Å². The number of Topliss-reactive ketones (excluding diaryl/α,β-unsaturated/α-hetero) is 1. The first-order valence-corrected chi connectivity index (χ1v) is 5.69. The number of nitrogens with zero attached hydrogens (tertiary/aromatic N) is 1. The van der Waals surface area contributed by atoms with Gasteiger partial charge in [-0.3, -0.25) is 4.79 Å². The van der Waals surface area contributed by atoms with Crippen LogP contribution in [0.2, 0.25) is 0 Å². The van der Waals surface area contributed by atoms with Crippen LogP contribution in [0.5, 0.6) is 0 Å². The Morgan fingerprint density at radius 3 is 2.86 bits per heavy atom. The van der Waals surface area contributed by atoms with E-state index in [0.717, 1.165) is 17.8 Å². The Balaban J connectivity index is 2.07. The quantitative estimate of drug-likeness (QED) is 0.703. The number of thiazole rings is 1. The van der Waals surface area contributed by atoms with Gasteiger partial charge in [0.25, 0.3) is 0 Å². The smallest absolute Gasteiger partial charge is 0.185 e. The second-order valence-corrected chi connectivity index (χ2v) is 4.56. The zero-order valence-corrected chi connectivity index (χ0v) is 8.97. The monoisotopic (exact) mass is 211 g/mol. The fourth-order valence-corrected chi connectivity index (χ4v) is 2.25. The summed E-state index contributed by atoms with van der Waals surface area (Å²) in [6, 6.07) is 0. The predicted molar refractivity (Wildman–Crippen MR) is 54.7 cm³/mol. The first-order chi connectivity index (χ1) is 6.77. The van der Waals surface area contributed by atoms with E-state index in [1.807, 2.05) is 12.3 Å². The Labute approximate surface area is 87.1 Å². The molecule has 4 heteroatoms. The molecule has 1 aliphatic rings. The van der Waals surface area contributed by atoms with Crippen molar-refractivity contribution in [2.75, 3.05) is 13.2 Å². The molecule has 1 saturated heterocycles. The molecule has 0 aliphatic carbocycles. The summed E-state index contributed by atoms with van der Waals surface area (Å²) in [4.78, 5) is 16.1. The molecular formula is C10H13NO2S. The maximum Gasteiger partial charge on any atom is 0.185 e. The Hall–Kier alpha value is -0.740. The largest absolute Gasteiger partial charge is 0.381 e. The first kappa shape index (κ1) is 9.80. The van der Waals surface area contributed by atoms with Gasteiger partial charge in [-0.1, -0.05) is 0 Å². The second kappa shape index (κ2) is 4.19. The van der Waals surface area contributed by atoms with Crippen molar-refractivity contribution < 1.29 is 9.53 Å². The molecule has 0 aromatic carbocycles. The highest BCUT2D eigenvalue weighted by Crippen LogP contribution is 2.20. The van der Waals surface area contributed by atoms with Gasteiger partial charge in [-0.25, -0.2) is 4.98 Å². The first-order valence-electron chi connectivity index (χ1n) is 4.81. The van der Waals surface area contributed by atoms with Crippen LogP contribution in [0.15, 0.2) is 5.38 Å². The molecule has 76 valence electrons. The number of aryl methyl sites for hydroxylation is 1. The van der Waals surface area contributed by atoms with E-state index in [-0.39, 0.29) is 11.7 Å². The highest BCUT2D eigenvalue weighted by molar-refractivity contribution is 7.09. The standard InChI is InChI=1S/C10H13NO2S/c1-7-11-9(6-14-7)10(12)8-2-4-13-5-3-8/h6,8H,2-5H2,1H3. The summed E-state index contributed by atoms with van der Waals surface area (Å²) in [5.74, 6) is 0.322. The lowest BCUT2D eigenvalue weighted by Gasteiger charge is -2.19. The number of ketones is 1. The van der Waals surface area contributed by atoms with Crippen LogP contribution < -0.4 is 0 Å². The molecule has 0 spiro atoms. The summed E-state index contributed by atoms with van der Waals surface area (Å²) in [6.45, 7) is 3.34. The molecule has 0 saturated carbocycles. The van der Waals surface area contributed by atoms with Gasteiger partial charge in [-0.2, -0.15) is 0 Å². The molecule has 0 radical (unpaired) electrons. The van der Waals surface area contributed by atoms with E-state index in [4.69, 9.17) is 4.74 Å². The van der Waals surface area contributed by atoms with Crippen LogP contribution in [0.1, 0.15) is 28.3 Å². The van der Waals surface area contributed by atoms with Gasteiger partial charge in [0.2, 0.25) is 0 Å². The molecule has 0 unspecified atom stereocenters. The highest BCUT2D eigenvalue weighted by atomic mass is 32.1. The zero-order valence-electron chi connectivity index (χ0n) is 8.16. The van der Waals surface area contributed by atoms with Crippen molar-refractivity contribution in [3.8, 4) is 0 Å². The van der Waals surface area contributed by atoms with Crippen LogP contribution in [0.3, 0.4) is 0 Å². The van der Waals surface area contributed by atoms with Crippen LogP contribution in [-0.4, -0.2) is 24.0 Å². The lowest BCUT2D eigenvalue weighted by Crippen LogP contribution is -2.23.